The highest BCUT2D eigenvalue weighted by Crippen LogP contribution is 2.04. The molecule has 0 aromatic heterocycles. The third-order valence-corrected chi connectivity index (χ3v) is 2.72. The minimum atomic E-state index is -0.255. The molecule has 1 rings (SSSR count). The smallest absolute Gasteiger partial charge is 0.410 e. The molecule has 4 nitrogen and oxygen atoms in total. The van der Waals surface area contributed by atoms with Crippen molar-refractivity contribution >= 4 is 6.09 Å². The Balaban J connectivity index is 2.36. The number of amides is 1. The van der Waals surface area contributed by atoms with Gasteiger partial charge in [-0.2, -0.15) is 0 Å². The first-order valence-electron chi connectivity index (χ1n) is 5.71. The molecule has 1 saturated heterocycles. The number of hydrogen-bond donors (Lipinski definition) is 0. The van der Waals surface area contributed by atoms with Gasteiger partial charge in [0.15, 0.2) is 0 Å². The van der Waals surface area contributed by atoms with E-state index in [4.69, 9.17) is 4.74 Å². The SMILES string of the molecule is C=C/C=C(\C=C)COC(=O)N1CCN(C)CC1. The standard InChI is InChI=1S/C13H20N2O2/c1-4-6-12(5-2)11-17-13(16)15-9-7-14(3)8-10-15/h4-6H,1-2,7-11H2,3H3/b12-6+. The molecule has 94 valence electrons. The van der Waals surface area contributed by atoms with Crippen molar-refractivity contribution in [3.63, 3.8) is 0 Å². The molecule has 1 aliphatic heterocycles. The van der Waals surface area contributed by atoms with Gasteiger partial charge >= 0.3 is 6.09 Å². The molecule has 4 heteroatoms. The molecule has 0 aromatic carbocycles. The summed E-state index contributed by atoms with van der Waals surface area (Å²) in [5, 5.41) is 0. The van der Waals surface area contributed by atoms with Crippen LogP contribution in [0.5, 0.6) is 0 Å². The van der Waals surface area contributed by atoms with Crippen molar-refractivity contribution in [3.8, 4) is 0 Å². The van der Waals surface area contributed by atoms with Crippen LogP contribution in [-0.4, -0.2) is 55.7 Å². The highest BCUT2D eigenvalue weighted by atomic mass is 16.6. The summed E-state index contributed by atoms with van der Waals surface area (Å²) >= 11 is 0. The van der Waals surface area contributed by atoms with Crippen LogP contribution < -0.4 is 0 Å². The summed E-state index contributed by atoms with van der Waals surface area (Å²) in [4.78, 5) is 15.6. The number of ether oxygens (including phenoxy) is 1. The van der Waals surface area contributed by atoms with Crippen LogP contribution >= 0.6 is 0 Å². The molecule has 1 amide bonds. The highest BCUT2D eigenvalue weighted by molar-refractivity contribution is 5.68. The van der Waals surface area contributed by atoms with Gasteiger partial charge < -0.3 is 14.5 Å². The van der Waals surface area contributed by atoms with E-state index in [2.05, 4.69) is 18.1 Å². The summed E-state index contributed by atoms with van der Waals surface area (Å²) in [5.74, 6) is 0. The van der Waals surface area contributed by atoms with Crippen LogP contribution in [0.4, 0.5) is 4.79 Å². The van der Waals surface area contributed by atoms with E-state index < -0.39 is 0 Å². The van der Waals surface area contributed by atoms with E-state index >= 15 is 0 Å². The molecule has 0 unspecified atom stereocenters. The molecule has 1 aliphatic rings. The maximum Gasteiger partial charge on any atom is 0.410 e. The van der Waals surface area contributed by atoms with Crippen LogP contribution in [0, 0.1) is 0 Å². The number of likely N-dealkylation sites (N-methyl/N-ethyl adjacent to an activating group) is 1. The van der Waals surface area contributed by atoms with Crippen molar-refractivity contribution in [2.75, 3.05) is 39.8 Å². The summed E-state index contributed by atoms with van der Waals surface area (Å²) in [6, 6.07) is 0. The van der Waals surface area contributed by atoms with E-state index in [0.717, 1.165) is 31.8 Å². The summed E-state index contributed by atoms with van der Waals surface area (Å²) in [6.45, 7) is 10.7. The molecule has 0 aromatic rings. The molecule has 1 heterocycles. The summed E-state index contributed by atoms with van der Waals surface area (Å²) in [7, 11) is 2.05. The topological polar surface area (TPSA) is 32.8 Å². The number of nitrogens with zero attached hydrogens (tertiary/aromatic N) is 2. The van der Waals surface area contributed by atoms with Gasteiger partial charge in [-0.15, -0.1) is 0 Å². The number of hydrogen-bond acceptors (Lipinski definition) is 3. The Bertz CT molecular complexity index is 315. The number of rotatable bonds is 4. The second-order valence-electron chi connectivity index (χ2n) is 4.03. The van der Waals surface area contributed by atoms with E-state index in [1.807, 2.05) is 7.05 Å². The first-order chi connectivity index (χ1) is 8.17. The van der Waals surface area contributed by atoms with E-state index in [9.17, 15) is 4.79 Å². The molecule has 17 heavy (non-hydrogen) atoms. The van der Waals surface area contributed by atoms with Gasteiger partial charge in [-0.1, -0.05) is 31.4 Å². The second-order valence-corrected chi connectivity index (χ2v) is 4.03. The first kappa shape index (κ1) is 13.5. The molecule has 0 atom stereocenters. The van der Waals surface area contributed by atoms with Crippen LogP contribution in [0.3, 0.4) is 0 Å². The second kappa shape index (κ2) is 6.91. The highest BCUT2D eigenvalue weighted by Gasteiger charge is 2.19. The van der Waals surface area contributed by atoms with Crippen LogP contribution in [0.2, 0.25) is 0 Å². The third-order valence-electron chi connectivity index (χ3n) is 2.72. The molecular formula is C13H20N2O2. The van der Waals surface area contributed by atoms with E-state index in [1.54, 1.807) is 23.1 Å². The Kier molecular flexibility index (Phi) is 5.49. The Hall–Kier alpha value is -1.55. The molecule has 1 fully saturated rings. The Morgan fingerprint density at radius 2 is 1.94 bits per heavy atom. The van der Waals surface area contributed by atoms with Gasteiger partial charge in [0.2, 0.25) is 0 Å². The van der Waals surface area contributed by atoms with Crippen LogP contribution in [0.1, 0.15) is 0 Å². The number of allylic oxidation sites excluding steroid dienone is 2. The lowest BCUT2D eigenvalue weighted by Gasteiger charge is -2.31. The lowest BCUT2D eigenvalue weighted by molar-refractivity contribution is 0.0884. The lowest BCUT2D eigenvalue weighted by atomic mass is 10.2. The van der Waals surface area contributed by atoms with Gasteiger partial charge in [-0.05, 0) is 12.6 Å². The Labute approximate surface area is 103 Å². The lowest BCUT2D eigenvalue weighted by Crippen LogP contribution is -2.47. The Morgan fingerprint density at radius 1 is 1.29 bits per heavy atom. The maximum atomic E-state index is 11.7. The van der Waals surface area contributed by atoms with E-state index in [0.29, 0.717) is 0 Å². The molecule has 0 radical (unpaired) electrons. The largest absolute Gasteiger partial charge is 0.445 e. The molecule has 0 saturated carbocycles. The van der Waals surface area contributed by atoms with Gasteiger partial charge in [-0.25, -0.2) is 4.79 Å². The normalized spacial score (nSPS) is 17.7. The molecular weight excluding hydrogens is 216 g/mol. The van der Waals surface area contributed by atoms with Crippen molar-refractivity contribution in [2.24, 2.45) is 0 Å². The van der Waals surface area contributed by atoms with Gasteiger partial charge in [0.25, 0.3) is 0 Å². The summed E-state index contributed by atoms with van der Waals surface area (Å²) in [5.41, 5.74) is 0.850. The van der Waals surface area contributed by atoms with Gasteiger partial charge in [0, 0.05) is 26.2 Å². The van der Waals surface area contributed by atoms with Crippen molar-refractivity contribution in [2.45, 2.75) is 0 Å². The third kappa shape index (κ3) is 4.44. The van der Waals surface area contributed by atoms with E-state index in [1.165, 1.54) is 0 Å². The van der Waals surface area contributed by atoms with Crippen LogP contribution in [0.25, 0.3) is 0 Å². The maximum absolute atomic E-state index is 11.7. The van der Waals surface area contributed by atoms with E-state index in [-0.39, 0.29) is 12.7 Å². The molecule has 0 bridgehead atoms. The minimum absolute atomic E-state index is 0.251. The number of carbonyl (C=O) groups is 1. The van der Waals surface area contributed by atoms with Crippen LogP contribution in [0.15, 0.2) is 37.0 Å². The average molecular weight is 236 g/mol. The van der Waals surface area contributed by atoms with Crippen LogP contribution in [-0.2, 0) is 4.74 Å². The first-order valence-corrected chi connectivity index (χ1v) is 5.71. The fourth-order valence-electron chi connectivity index (χ4n) is 1.55. The predicted molar refractivity (Wildman–Crippen MR) is 68.9 cm³/mol. The van der Waals surface area contributed by atoms with Crippen molar-refractivity contribution < 1.29 is 9.53 Å². The Morgan fingerprint density at radius 3 is 2.47 bits per heavy atom. The summed E-state index contributed by atoms with van der Waals surface area (Å²) in [6.07, 6.45) is 4.85. The molecule has 0 N–H and O–H groups in total. The molecule has 0 spiro atoms. The minimum Gasteiger partial charge on any atom is -0.445 e. The predicted octanol–water partition coefficient (Wildman–Crippen LogP) is 1.67. The number of piperazine rings is 1. The van der Waals surface area contributed by atoms with Crippen molar-refractivity contribution in [3.05, 3.63) is 37.0 Å². The van der Waals surface area contributed by atoms with Gasteiger partial charge in [-0.3, -0.25) is 0 Å². The molecule has 0 aliphatic carbocycles. The fourth-order valence-corrected chi connectivity index (χ4v) is 1.55. The quantitative estimate of drug-likeness (QED) is 0.696. The zero-order valence-electron chi connectivity index (χ0n) is 10.4. The summed E-state index contributed by atoms with van der Waals surface area (Å²) < 4.78 is 5.20. The number of carbonyl (C=O) groups excluding carboxylic acids is 1. The van der Waals surface area contributed by atoms with Crippen molar-refractivity contribution in [1.82, 2.24) is 9.80 Å². The van der Waals surface area contributed by atoms with Gasteiger partial charge in [0.05, 0.1) is 0 Å². The average Bonchev–Trinajstić information content (AvgIpc) is 2.35. The zero-order chi connectivity index (χ0) is 12.7. The van der Waals surface area contributed by atoms with Gasteiger partial charge in [0.1, 0.15) is 6.61 Å². The monoisotopic (exact) mass is 236 g/mol. The zero-order valence-corrected chi connectivity index (χ0v) is 10.4. The fraction of sp³-hybridized carbons (Fsp3) is 0.462. The van der Waals surface area contributed by atoms with Crippen molar-refractivity contribution in [1.29, 1.82) is 0 Å².